The Morgan fingerprint density at radius 1 is 1.07 bits per heavy atom. The molecule has 140 valence electrons. The van der Waals surface area contributed by atoms with E-state index in [1.165, 1.54) is 0 Å². The van der Waals surface area contributed by atoms with Gasteiger partial charge in [-0.1, -0.05) is 42.5 Å². The molecule has 7 nitrogen and oxygen atoms in total. The summed E-state index contributed by atoms with van der Waals surface area (Å²) in [5, 5.41) is 27.0. The van der Waals surface area contributed by atoms with Crippen molar-refractivity contribution in [1.29, 1.82) is 0 Å². The Labute approximate surface area is 156 Å². The molecule has 1 amide bonds. The van der Waals surface area contributed by atoms with E-state index in [0.717, 1.165) is 11.3 Å². The quantitative estimate of drug-likeness (QED) is 0.595. The zero-order chi connectivity index (χ0) is 19.1. The third-order valence-corrected chi connectivity index (χ3v) is 4.04. The van der Waals surface area contributed by atoms with Crippen LogP contribution in [0.1, 0.15) is 17.2 Å². The van der Waals surface area contributed by atoms with E-state index in [0.29, 0.717) is 5.56 Å². The van der Waals surface area contributed by atoms with E-state index in [2.05, 4.69) is 10.4 Å². The monoisotopic (exact) mass is 367 g/mol. The maximum absolute atomic E-state index is 11.7. The smallest absolute Gasteiger partial charge is 0.407 e. The van der Waals surface area contributed by atoms with Crippen LogP contribution < -0.4 is 5.32 Å². The van der Waals surface area contributed by atoms with Crippen molar-refractivity contribution in [2.75, 3.05) is 6.54 Å². The van der Waals surface area contributed by atoms with Crippen molar-refractivity contribution >= 4 is 6.09 Å². The van der Waals surface area contributed by atoms with E-state index < -0.39 is 18.3 Å². The summed E-state index contributed by atoms with van der Waals surface area (Å²) in [6.07, 6.45) is 0.537. The van der Waals surface area contributed by atoms with Crippen molar-refractivity contribution in [3.63, 3.8) is 0 Å². The second kappa shape index (κ2) is 8.98. The van der Waals surface area contributed by atoms with Gasteiger partial charge in [-0.15, -0.1) is 0 Å². The predicted octanol–water partition coefficient (Wildman–Crippen LogP) is 2.19. The van der Waals surface area contributed by atoms with Crippen LogP contribution in [-0.4, -0.2) is 38.7 Å². The number of rotatable bonds is 7. The lowest BCUT2D eigenvalue weighted by molar-refractivity contribution is 0.0184. The molecular weight excluding hydrogens is 346 g/mol. The SMILES string of the molecule is O=C(NCC(O)C(O)c1ccc(-n2cccn2)cc1)OCc1ccccc1. The molecule has 3 rings (SSSR count). The lowest BCUT2D eigenvalue weighted by Crippen LogP contribution is -2.35. The van der Waals surface area contributed by atoms with Crippen molar-refractivity contribution in [3.05, 3.63) is 84.2 Å². The Hall–Kier alpha value is -3.16. The molecule has 1 aromatic heterocycles. The second-order valence-corrected chi connectivity index (χ2v) is 6.00. The van der Waals surface area contributed by atoms with Gasteiger partial charge in [0.25, 0.3) is 0 Å². The Morgan fingerprint density at radius 3 is 2.48 bits per heavy atom. The molecule has 0 saturated carbocycles. The molecule has 0 aliphatic carbocycles. The third-order valence-electron chi connectivity index (χ3n) is 4.04. The molecule has 2 unspecified atom stereocenters. The lowest BCUT2D eigenvalue weighted by atomic mass is 10.0. The first-order chi connectivity index (χ1) is 13.1. The van der Waals surface area contributed by atoms with Gasteiger partial charge in [-0.25, -0.2) is 9.48 Å². The fraction of sp³-hybridized carbons (Fsp3) is 0.200. The lowest BCUT2D eigenvalue weighted by Gasteiger charge is -2.19. The van der Waals surface area contributed by atoms with Crippen LogP contribution in [0.5, 0.6) is 0 Å². The molecule has 2 atom stereocenters. The second-order valence-electron chi connectivity index (χ2n) is 6.00. The topological polar surface area (TPSA) is 96.6 Å². The van der Waals surface area contributed by atoms with E-state index in [1.54, 1.807) is 35.1 Å². The molecule has 0 saturated heterocycles. The van der Waals surface area contributed by atoms with Gasteiger partial charge >= 0.3 is 6.09 Å². The summed E-state index contributed by atoms with van der Waals surface area (Å²) in [6, 6.07) is 18.1. The maximum Gasteiger partial charge on any atom is 0.407 e. The molecule has 7 heteroatoms. The molecule has 0 aliphatic rings. The first-order valence-corrected chi connectivity index (χ1v) is 8.54. The molecule has 27 heavy (non-hydrogen) atoms. The minimum absolute atomic E-state index is 0.129. The molecular formula is C20H21N3O4. The highest BCUT2D eigenvalue weighted by Gasteiger charge is 2.19. The third kappa shape index (κ3) is 5.16. The summed E-state index contributed by atoms with van der Waals surface area (Å²) in [5.74, 6) is 0. The van der Waals surface area contributed by atoms with Gasteiger partial charge in [-0.05, 0) is 29.3 Å². The average Bonchev–Trinajstić information content (AvgIpc) is 3.25. The zero-order valence-corrected chi connectivity index (χ0v) is 14.6. The first kappa shape index (κ1) is 18.6. The summed E-state index contributed by atoms with van der Waals surface area (Å²) in [4.78, 5) is 11.7. The van der Waals surface area contributed by atoms with Gasteiger partial charge in [0.2, 0.25) is 0 Å². The number of carbonyl (C=O) groups is 1. The Bertz CT molecular complexity index is 835. The Kier molecular flexibility index (Phi) is 6.19. The number of amides is 1. The van der Waals surface area contributed by atoms with Gasteiger partial charge in [-0.2, -0.15) is 5.10 Å². The van der Waals surface area contributed by atoms with Crippen molar-refractivity contribution in [1.82, 2.24) is 15.1 Å². The highest BCUT2D eigenvalue weighted by Crippen LogP contribution is 2.18. The number of hydrogen-bond donors (Lipinski definition) is 3. The van der Waals surface area contributed by atoms with Crippen molar-refractivity contribution < 1.29 is 19.7 Å². The van der Waals surface area contributed by atoms with E-state index in [-0.39, 0.29) is 13.2 Å². The number of hydrogen-bond acceptors (Lipinski definition) is 5. The van der Waals surface area contributed by atoms with Crippen LogP contribution in [0.3, 0.4) is 0 Å². The number of ether oxygens (including phenoxy) is 1. The molecule has 0 fully saturated rings. The molecule has 0 aliphatic heterocycles. The van der Waals surface area contributed by atoms with Gasteiger partial charge in [0.05, 0.1) is 5.69 Å². The largest absolute Gasteiger partial charge is 0.445 e. The fourth-order valence-electron chi connectivity index (χ4n) is 2.54. The van der Waals surface area contributed by atoms with Crippen LogP contribution in [0.4, 0.5) is 4.79 Å². The van der Waals surface area contributed by atoms with E-state index in [1.807, 2.05) is 42.6 Å². The van der Waals surface area contributed by atoms with Crippen LogP contribution >= 0.6 is 0 Å². The minimum Gasteiger partial charge on any atom is -0.445 e. The normalized spacial score (nSPS) is 13.0. The summed E-state index contributed by atoms with van der Waals surface area (Å²) in [6.45, 7) is 0.00983. The number of aromatic nitrogens is 2. The number of carbonyl (C=O) groups excluding carboxylic acids is 1. The van der Waals surface area contributed by atoms with Crippen LogP contribution in [0.15, 0.2) is 73.1 Å². The standard InChI is InChI=1S/C20H21N3O4/c24-18(13-21-20(26)27-14-15-5-2-1-3-6-15)19(25)16-7-9-17(10-8-16)23-12-4-11-22-23/h1-12,18-19,24-25H,13-14H2,(H,21,26). The number of nitrogens with zero attached hydrogens (tertiary/aromatic N) is 2. The Balaban J connectivity index is 1.47. The first-order valence-electron chi connectivity index (χ1n) is 8.54. The average molecular weight is 367 g/mol. The van der Waals surface area contributed by atoms with Crippen molar-refractivity contribution in [3.8, 4) is 5.69 Å². The van der Waals surface area contributed by atoms with E-state index in [4.69, 9.17) is 4.74 Å². The van der Waals surface area contributed by atoms with Crippen LogP contribution in [0.2, 0.25) is 0 Å². The number of benzene rings is 2. The molecule has 3 N–H and O–H groups in total. The highest BCUT2D eigenvalue weighted by atomic mass is 16.5. The van der Waals surface area contributed by atoms with E-state index >= 15 is 0 Å². The molecule has 0 bridgehead atoms. The van der Waals surface area contributed by atoms with Gasteiger partial charge in [-0.3, -0.25) is 0 Å². The maximum atomic E-state index is 11.7. The number of aliphatic hydroxyl groups excluding tert-OH is 2. The molecule has 2 aromatic carbocycles. The number of nitrogens with one attached hydrogen (secondary N) is 1. The van der Waals surface area contributed by atoms with Gasteiger partial charge in [0.1, 0.15) is 18.8 Å². The van der Waals surface area contributed by atoms with E-state index in [9.17, 15) is 15.0 Å². The minimum atomic E-state index is -1.16. The van der Waals surface area contributed by atoms with Crippen LogP contribution in [0, 0.1) is 0 Å². The predicted molar refractivity (Wildman–Crippen MR) is 99.2 cm³/mol. The van der Waals surface area contributed by atoms with Gasteiger partial charge in [0.15, 0.2) is 0 Å². The summed E-state index contributed by atoms with van der Waals surface area (Å²) < 4.78 is 6.76. The summed E-state index contributed by atoms with van der Waals surface area (Å²) in [5.41, 5.74) is 2.25. The molecule has 3 aromatic rings. The van der Waals surface area contributed by atoms with Crippen LogP contribution in [0.25, 0.3) is 5.69 Å². The molecule has 0 spiro atoms. The van der Waals surface area contributed by atoms with Crippen molar-refractivity contribution in [2.24, 2.45) is 0 Å². The van der Waals surface area contributed by atoms with Crippen LogP contribution in [-0.2, 0) is 11.3 Å². The highest BCUT2D eigenvalue weighted by molar-refractivity contribution is 5.67. The molecule has 1 heterocycles. The number of aliphatic hydroxyl groups is 2. The summed E-state index contributed by atoms with van der Waals surface area (Å²) in [7, 11) is 0. The summed E-state index contributed by atoms with van der Waals surface area (Å²) >= 11 is 0. The van der Waals surface area contributed by atoms with Crippen molar-refractivity contribution in [2.45, 2.75) is 18.8 Å². The van der Waals surface area contributed by atoms with Gasteiger partial charge in [0, 0.05) is 18.9 Å². The number of alkyl carbamates (subject to hydrolysis) is 1. The molecule has 0 radical (unpaired) electrons. The van der Waals surface area contributed by atoms with Gasteiger partial charge < -0.3 is 20.3 Å². The zero-order valence-electron chi connectivity index (χ0n) is 14.6. The Morgan fingerprint density at radius 2 is 1.81 bits per heavy atom. The fourth-order valence-corrected chi connectivity index (χ4v) is 2.54.